The molecule has 0 aromatic carbocycles. The number of aromatic amines is 1. The number of allylic oxidation sites excluding steroid dienone is 1. The van der Waals surface area contributed by atoms with Gasteiger partial charge in [-0.15, -0.1) is 11.6 Å². The Balaban J connectivity index is 2.39. The minimum absolute atomic E-state index is 0.137. The zero-order valence-corrected chi connectivity index (χ0v) is 8.74. The third-order valence-electron chi connectivity index (χ3n) is 2.02. The molecule has 0 amide bonds. The highest BCUT2D eigenvalue weighted by Gasteiger charge is 2.00. The van der Waals surface area contributed by atoms with Gasteiger partial charge >= 0.3 is 0 Å². The highest BCUT2D eigenvalue weighted by Crippen LogP contribution is 2.06. The monoisotopic (exact) mass is 223 g/mol. The molecule has 1 N–H and O–H groups in total. The summed E-state index contributed by atoms with van der Waals surface area (Å²) >= 11 is 5.55. The van der Waals surface area contributed by atoms with Crippen LogP contribution in [0.5, 0.6) is 0 Å². The van der Waals surface area contributed by atoms with Gasteiger partial charge in [0.05, 0.1) is 0 Å². The van der Waals surface area contributed by atoms with Crippen LogP contribution in [-0.4, -0.2) is 20.5 Å². The van der Waals surface area contributed by atoms with Gasteiger partial charge in [0.25, 0.3) is 5.56 Å². The Kier molecular flexibility index (Phi) is 2.87. The Morgan fingerprint density at radius 2 is 2.47 bits per heavy atom. The summed E-state index contributed by atoms with van der Waals surface area (Å²) in [5, 5.41) is 3.99. The molecule has 0 spiro atoms. The van der Waals surface area contributed by atoms with Crippen LogP contribution < -0.4 is 5.56 Å². The molecule has 0 radical (unpaired) electrons. The molecular formula is C10H10ClN3O. The van der Waals surface area contributed by atoms with Crippen molar-refractivity contribution >= 4 is 23.2 Å². The number of hydrogen-bond acceptors (Lipinski definition) is 2. The molecule has 0 saturated carbocycles. The number of alkyl halides is 1. The molecule has 0 aliphatic heterocycles. The molecule has 0 saturated heterocycles. The van der Waals surface area contributed by atoms with Crippen LogP contribution >= 0.6 is 11.6 Å². The van der Waals surface area contributed by atoms with Crippen molar-refractivity contribution in [2.45, 2.75) is 6.42 Å². The van der Waals surface area contributed by atoms with Crippen molar-refractivity contribution in [3.05, 3.63) is 40.6 Å². The van der Waals surface area contributed by atoms with Crippen LogP contribution in [0.15, 0.2) is 29.5 Å². The maximum absolute atomic E-state index is 11.4. The summed E-state index contributed by atoms with van der Waals surface area (Å²) < 4.78 is 1.55. The minimum atomic E-state index is -0.137. The fourth-order valence-electron chi connectivity index (χ4n) is 1.33. The zero-order chi connectivity index (χ0) is 10.7. The summed E-state index contributed by atoms with van der Waals surface area (Å²) in [5.41, 5.74) is 1.36. The van der Waals surface area contributed by atoms with Gasteiger partial charge < -0.3 is 4.98 Å². The van der Waals surface area contributed by atoms with E-state index in [0.29, 0.717) is 11.4 Å². The molecule has 78 valence electrons. The van der Waals surface area contributed by atoms with Crippen LogP contribution in [0.2, 0.25) is 0 Å². The van der Waals surface area contributed by atoms with E-state index >= 15 is 0 Å². The van der Waals surface area contributed by atoms with Gasteiger partial charge in [-0.25, -0.2) is 4.52 Å². The van der Waals surface area contributed by atoms with E-state index in [1.165, 1.54) is 6.33 Å². The van der Waals surface area contributed by atoms with Crippen LogP contribution in [0.25, 0.3) is 11.6 Å². The van der Waals surface area contributed by atoms with Crippen molar-refractivity contribution in [3.8, 4) is 0 Å². The molecule has 5 heteroatoms. The lowest BCUT2D eigenvalue weighted by atomic mass is 10.3. The van der Waals surface area contributed by atoms with E-state index in [2.05, 4.69) is 10.1 Å². The SMILES string of the molecule is O=c1[nH]cnn2cc(C=CCCCl)cc12. The Morgan fingerprint density at radius 3 is 3.20 bits per heavy atom. The molecule has 0 atom stereocenters. The Bertz CT molecular complexity index is 541. The van der Waals surface area contributed by atoms with E-state index in [4.69, 9.17) is 11.6 Å². The number of hydrogen-bond donors (Lipinski definition) is 1. The molecule has 0 aliphatic carbocycles. The van der Waals surface area contributed by atoms with E-state index < -0.39 is 0 Å². The molecule has 4 nitrogen and oxygen atoms in total. The van der Waals surface area contributed by atoms with Crippen molar-refractivity contribution < 1.29 is 0 Å². The maximum atomic E-state index is 11.4. The van der Waals surface area contributed by atoms with Gasteiger partial charge in [-0.2, -0.15) is 5.10 Å². The topological polar surface area (TPSA) is 50.2 Å². The smallest absolute Gasteiger partial charge is 0.275 e. The molecule has 2 aromatic rings. The second-order valence-corrected chi connectivity index (χ2v) is 3.48. The van der Waals surface area contributed by atoms with E-state index in [1.807, 2.05) is 12.2 Å². The van der Waals surface area contributed by atoms with Crippen LogP contribution in [-0.2, 0) is 0 Å². The molecule has 0 aliphatic rings. The van der Waals surface area contributed by atoms with Crippen molar-refractivity contribution in [1.29, 1.82) is 0 Å². The van der Waals surface area contributed by atoms with Gasteiger partial charge in [0.15, 0.2) is 0 Å². The van der Waals surface area contributed by atoms with Crippen molar-refractivity contribution in [1.82, 2.24) is 14.6 Å². The first-order chi connectivity index (χ1) is 7.31. The lowest BCUT2D eigenvalue weighted by Gasteiger charge is -1.87. The minimum Gasteiger partial charge on any atom is -0.310 e. The van der Waals surface area contributed by atoms with E-state index in [0.717, 1.165) is 12.0 Å². The van der Waals surface area contributed by atoms with E-state index in [-0.39, 0.29) is 5.56 Å². The lowest BCUT2D eigenvalue weighted by Crippen LogP contribution is -2.09. The summed E-state index contributed by atoms with van der Waals surface area (Å²) in [6.45, 7) is 0. The number of nitrogens with zero attached hydrogens (tertiary/aromatic N) is 2. The Hall–Kier alpha value is -1.55. The molecule has 0 bridgehead atoms. The largest absolute Gasteiger partial charge is 0.310 e. The number of aromatic nitrogens is 3. The van der Waals surface area contributed by atoms with E-state index in [1.54, 1.807) is 16.8 Å². The third kappa shape index (κ3) is 2.10. The second-order valence-electron chi connectivity index (χ2n) is 3.10. The first-order valence-corrected chi connectivity index (χ1v) is 5.13. The van der Waals surface area contributed by atoms with Gasteiger partial charge in [0, 0.05) is 12.1 Å². The van der Waals surface area contributed by atoms with Gasteiger partial charge in [0.2, 0.25) is 0 Å². The molecule has 2 aromatic heterocycles. The number of rotatable bonds is 3. The summed E-state index contributed by atoms with van der Waals surface area (Å²) in [7, 11) is 0. The lowest BCUT2D eigenvalue weighted by molar-refractivity contribution is 0.888. The first-order valence-electron chi connectivity index (χ1n) is 4.60. The summed E-state index contributed by atoms with van der Waals surface area (Å²) in [6.07, 6.45) is 7.89. The average molecular weight is 224 g/mol. The van der Waals surface area contributed by atoms with Crippen molar-refractivity contribution in [2.24, 2.45) is 0 Å². The fourth-order valence-corrected chi connectivity index (χ4v) is 1.46. The molecule has 2 rings (SSSR count). The van der Waals surface area contributed by atoms with Gasteiger partial charge in [0.1, 0.15) is 11.8 Å². The van der Waals surface area contributed by atoms with Crippen LogP contribution in [0.3, 0.4) is 0 Å². The molecule has 15 heavy (non-hydrogen) atoms. The third-order valence-corrected chi connectivity index (χ3v) is 2.24. The normalized spacial score (nSPS) is 11.5. The maximum Gasteiger partial charge on any atom is 0.275 e. The first kappa shape index (κ1) is 9.98. The molecule has 0 fully saturated rings. The van der Waals surface area contributed by atoms with Crippen molar-refractivity contribution in [2.75, 3.05) is 5.88 Å². The average Bonchev–Trinajstić information content (AvgIpc) is 2.63. The number of fused-ring (bicyclic) bond motifs is 1. The van der Waals surface area contributed by atoms with Gasteiger partial charge in [-0.3, -0.25) is 4.79 Å². The number of H-pyrrole nitrogens is 1. The van der Waals surface area contributed by atoms with Crippen LogP contribution in [0, 0.1) is 0 Å². The van der Waals surface area contributed by atoms with Gasteiger partial charge in [-0.1, -0.05) is 12.2 Å². The highest BCUT2D eigenvalue weighted by molar-refractivity contribution is 6.17. The fraction of sp³-hybridized carbons (Fsp3) is 0.200. The zero-order valence-electron chi connectivity index (χ0n) is 7.98. The summed E-state index contributed by atoms with van der Waals surface area (Å²) in [6, 6.07) is 1.79. The standard InChI is InChI=1S/C10H10ClN3O/c11-4-2-1-3-8-5-9-10(15)12-7-13-14(9)6-8/h1,3,5-7H,2,4H2,(H,12,13,15). The predicted octanol–water partition coefficient (Wildman–Crippen LogP) is 1.66. The highest BCUT2D eigenvalue weighted by atomic mass is 35.5. The van der Waals surface area contributed by atoms with Crippen LogP contribution in [0.1, 0.15) is 12.0 Å². The quantitative estimate of drug-likeness (QED) is 0.805. The van der Waals surface area contributed by atoms with Crippen molar-refractivity contribution in [3.63, 3.8) is 0 Å². The van der Waals surface area contributed by atoms with E-state index in [9.17, 15) is 4.79 Å². The predicted molar refractivity (Wildman–Crippen MR) is 60.2 cm³/mol. The summed E-state index contributed by atoms with van der Waals surface area (Å²) in [4.78, 5) is 13.9. The second kappa shape index (κ2) is 4.31. The molecule has 2 heterocycles. The molecule has 0 unspecified atom stereocenters. The molecular weight excluding hydrogens is 214 g/mol. The Morgan fingerprint density at radius 1 is 1.60 bits per heavy atom. The number of nitrogens with one attached hydrogen (secondary N) is 1. The summed E-state index contributed by atoms with van der Waals surface area (Å²) in [5.74, 6) is 0.600. The van der Waals surface area contributed by atoms with Crippen LogP contribution in [0.4, 0.5) is 0 Å². The number of halogens is 1. The Labute approximate surface area is 91.2 Å². The van der Waals surface area contributed by atoms with Gasteiger partial charge in [-0.05, 0) is 18.1 Å².